The van der Waals surface area contributed by atoms with Crippen molar-refractivity contribution in [1.29, 1.82) is 0 Å². The molecule has 0 unspecified atom stereocenters. The van der Waals surface area contributed by atoms with Crippen molar-refractivity contribution in [3.8, 4) is 0 Å². The van der Waals surface area contributed by atoms with Crippen LogP contribution >= 0.6 is 0 Å². The van der Waals surface area contributed by atoms with Gasteiger partial charge in [0, 0.05) is 25.4 Å². The van der Waals surface area contributed by atoms with Gasteiger partial charge in [-0.2, -0.15) is 0 Å². The summed E-state index contributed by atoms with van der Waals surface area (Å²) in [5.41, 5.74) is 7.86. The number of benzene rings is 1. The Morgan fingerprint density at radius 3 is 2.60 bits per heavy atom. The van der Waals surface area contributed by atoms with Gasteiger partial charge in [0.2, 0.25) is 10.0 Å². The van der Waals surface area contributed by atoms with Crippen molar-refractivity contribution in [1.82, 2.24) is 4.72 Å². The molecule has 0 atom stereocenters. The fraction of sp³-hybridized carbons (Fsp3) is 0.571. The van der Waals surface area contributed by atoms with Gasteiger partial charge in [-0.05, 0) is 55.9 Å². The molecule has 1 aliphatic heterocycles. The average molecular weight is 298 g/mol. The molecule has 5 nitrogen and oxygen atoms in total. The Morgan fingerprint density at radius 2 is 1.95 bits per heavy atom. The highest BCUT2D eigenvalue weighted by Crippen LogP contribution is 2.23. The predicted octanol–water partition coefficient (Wildman–Crippen LogP) is 1.59. The van der Waals surface area contributed by atoms with Gasteiger partial charge in [-0.3, -0.25) is 0 Å². The van der Waals surface area contributed by atoms with Crippen molar-refractivity contribution in [3.63, 3.8) is 0 Å². The average Bonchev–Trinajstić information content (AvgIpc) is 2.42. The fourth-order valence-corrected chi connectivity index (χ4v) is 3.85. The summed E-state index contributed by atoms with van der Waals surface area (Å²) in [6.45, 7) is 5.55. The third-order valence-corrected chi connectivity index (χ3v) is 5.38. The number of anilines is 1. The molecule has 0 bridgehead atoms. The Hall–Kier alpha value is -1.11. The normalized spacial score (nSPS) is 17.3. The molecule has 2 rings (SSSR count). The van der Waals surface area contributed by atoms with Gasteiger partial charge in [0.05, 0.1) is 4.90 Å². The standard InChI is InChI=1S/C14H22N2O3S/c1-10-7-13(15)8-14(11(10)2)20(17,18)16-9-12-3-5-19-6-4-12/h7-8,12,16H,3-6,9,15H2,1-2H3. The Labute approximate surface area is 120 Å². The second-order valence-electron chi connectivity index (χ2n) is 5.37. The van der Waals surface area contributed by atoms with E-state index in [9.17, 15) is 8.42 Å². The molecule has 1 heterocycles. The van der Waals surface area contributed by atoms with E-state index in [1.807, 2.05) is 6.92 Å². The quantitative estimate of drug-likeness (QED) is 0.827. The van der Waals surface area contributed by atoms with Crippen molar-refractivity contribution in [3.05, 3.63) is 23.3 Å². The Balaban J connectivity index is 2.14. The number of ether oxygens (including phenoxy) is 1. The van der Waals surface area contributed by atoms with Crippen LogP contribution in [-0.2, 0) is 14.8 Å². The lowest BCUT2D eigenvalue weighted by Gasteiger charge is -2.22. The van der Waals surface area contributed by atoms with Crippen LogP contribution in [0.15, 0.2) is 17.0 Å². The molecule has 1 saturated heterocycles. The van der Waals surface area contributed by atoms with E-state index in [0.717, 1.165) is 24.0 Å². The number of hydrogen-bond acceptors (Lipinski definition) is 4. The fourth-order valence-electron chi connectivity index (χ4n) is 2.39. The summed E-state index contributed by atoms with van der Waals surface area (Å²) < 4.78 is 32.8. The lowest BCUT2D eigenvalue weighted by atomic mass is 10.0. The number of nitrogens with two attached hydrogens (primary N) is 1. The molecule has 112 valence electrons. The highest BCUT2D eigenvalue weighted by Gasteiger charge is 2.21. The summed E-state index contributed by atoms with van der Waals surface area (Å²) in [7, 11) is -3.51. The number of hydrogen-bond donors (Lipinski definition) is 2. The summed E-state index contributed by atoms with van der Waals surface area (Å²) in [6.07, 6.45) is 1.80. The van der Waals surface area contributed by atoms with E-state index < -0.39 is 10.0 Å². The van der Waals surface area contributed by atoms with E-state index >= 15 is 0 Å². The molecular weight excluding hydrogens is 276 g/mol. The molecule has 20 heavy (non-hydrogen) atoms. The van der Waals surface area contributed by atoms with Crippen LogP contribution < -0.4 is 10.5 Å². The lowest BCUT2D eigenvalue weighted by molar-refractivity contribution is 0.0678. The molecule has 0 aromatic heterocycles. The Bertz CT molecular complexity index is 578. The third-order valence-electron chi connectivity index (χ3n) is 3.83. The first-order valence-electron chi connectivity index (χ1n) is 6.84. The van der Waals surface area contributed by atoms with E-state index in [1.165, 1.54) is 6.07 Å². The first-order chi connectivity index (χ1) is 9.40. The molecule has 0 radical (unpaired) electrons. The highest BCUT2D eigenvalue weighted by molar-refractivity contribution is 7.89. The van der Waals surface area contributed by atoms with E-state index in [0.29, 0.717) is 31.4 Å². The Kier molecular flexibility index (Phi) is 4.67. The number of sulfonamides is 1. The minimum atomic E-state index is -3.51. The van der Waals surface area contributed by atoms with Crippen LogP contribution in [0.4, 0.5) is 5.69 Å². The zero-order valence-electron chi connectivity index (χ0n) is 12.0. The van der Waals surface area contributed by atoms with Crippen LogP contribution in [0, 0.1) is 19.8 Å². The molecule has 1 aromatic carbocycles. The van der Waals surface area contributed by atoms with Gasteiger partial charge in [0.15, 0.2) is 0 Å². The number of nitrogen functional groups attached to an aromatic ring is 1. The van der Waals surface area contributed by atoms with Crippen LogP contribution in [0.2, 0.25) is 0 Å². The first-order valence-corrected chi connectivity index (χ1v) is 8.32. The highest BCUT2D eigenvalue weighted by atomic mass is 32.2. The molecule has 1 aromatic rings. The van der Waals surface area contributed by atoms with Crippen LogP contribution in [0.3, 0.4) is 0 Å². The number of nitrogens with one attached hydrogen (secondary N) is 1. The van der Waals surface area contributed by atoms with Crippen LogP contribution in [0.25, 0.3) is 0 Å². The van der Waals surface area contributed by atoms with E-state index in [4.69, 9.17) is 10.5 Å². The second kappa shape index (κ2) is 6.11. The number of aryl methyl sites for hydroxylation is 1. The minimum absolute atomic E-state index is 0.280. The lowest BCUT2D eigenvalue weighted by Crippen LogP contribution is -2.32. The Morgan fingerprint density at radius 1 is 1.30 bits per heavy atom. The summed E-state index contributed by atoms with van der Waals surface area (Å²) in [4.78, 5) is 0.280. The van der Waals surface area contributed by atoms with Crippen molar-refractivity contribution in [2.75, 3.05) is 25.5 Å². The molecule has 0 spiro atoms. The third kappa shape index (κ3) is 3.50. The summed E-state index contributed by atoms with van der Waals surface area (Å²) >= 11 is 0. The second-order valence-corrected chi connectivity index (χ2v) is 7.10. The first kappa shape index (κ1) is 15.3. The van der Waals surface area contributed by atoms with Crippen LogP contribution in [-0.4, -0.2) is 28.2 Å². The summed E-state index contributed by atoms with van der Waals surface area (Å²) in [5, 5.41) is 0. The minimum Gasteiger partial charge on any atom is -0.399 e. The van der Waals surface area contributed by atoms with Crippen molar-refractivity contribution >= 4 is 15.7 Å². The molecular formula is C14H22N2O3S. The maximum Gasteiger partial charge on any atom is 0.240 e. The van der Waals surface area contributed by atoms with Gasteiger partial charge >= 0.3 is 0 Å². The SMILES string of the molecule is Cc1cc(N)cc(S(=O)(=O)NCC2CCOCC2)c1C. The van der Waals surface area contributed by atoms with Gasteiger partial charge in [-0.1, -0.05) is 0 Å². The molecule has 1 aliphatic rings. The molecule has 0 saturated carbocycles. The maximum absolute atomic E-state index is 12.4. The van der Waals surface area contributed by atoms with E-state index in [-0.39, 0.29) is 4.90 Å². The van der Waals surface area contributed by atoms with Crippen molar-refractivity contribution < 1.29 is 13.2 Å². The smallest absolute Gasteiger partial charge is 0.240 e. The molecule has 6 heteroatoms. The molecule has 0 aliphatic carbocycles. The summed E-state index contributed by atoms with van der Waals surface area (Å²) in [5.74, 6) is 0.348. The monoisotopic (exact) mass is 298 g/mol. The predicted molar refractivity (Wildman–Crippen MR) is 79.1 cm³/mol. The molecule has 3 N–H and O–H groups in total. The van der Waals surface area contributed by atoms with Crippen LogP contribution in [0.5, 0.6) is 0 Å². The number of rotatable bonds is 4. The largest absolute Gasteiger partial charge is 0.399 e. The molecule has 0 amide bonds. The van der Waals surface area contributed by atoms with Crippen molar-refractivity contribution in [2.24, 2.45) is 5.92 Å². The topological polar surface area (TPSA) is 81.4 Å². The van der Waals surface area contributed by atoms with Gasteiger partial charge < -0.3 is 10.5 Å². The zero-order valence-corrected chi connectivity index (χ0v) is 12.8. The van der Waals surface area contributed by atoms with Crippen LogP contribution in [0.1, 0.15) is 24.0 Å². The van der Waals surface area contributed by atoms with Crippen molar-refractivity contribution in [2.45, 2.75) is 31.6 Å². The summed E-state index contributed by atoms with van der Waals surface area (Å²) in [6, 6.07) is 3.31. The maximum atomic E-state index is 12.4. The van der Waals surface area contributed by atoms with Gasteiger partial charge in [0.1, 0.15) is 0 Å². The van der Waals surface area contributed by atoms with Gasteiger partial charge in [-0.15, -0.1) is 0 Å². The van der Waals surface area contributed by atoms with Gasteiger partial charge in [-0.25, -0.2) is 13.1 Å². The van der Waals surface area contributed by atoms with E-state index in [1.54, 1.807) is 13.0 Å². The zero-order chi connectivity index (χ0) is 14.8. The van der Waals surface area contributed by atoms with Gasteiger partial charge in [0.25, 0.3) is 0 Å². The molecule has 1 fully saturated rings. The van der Waals surface area contributed by atoms with E-state index in [2.05, 4.69) is 4.72 Å².